The SMILES string of the molecule is CCCCCC(CC(C)(C)C)c1ccccc1. The molecule has 17 heavy (non-hydrogen) atoms. The molecule has 0 N–H and O–H groups in total. The first-order valence-corrected chi connectivity index (χ1v) is 7.08. The molecule has 0 nitrogen and oxygen atoms in total. The van der Waals surface area contributed by atoms with Gasteiger partial charge in [-0.2, -0.15) is 0 Å². The zero-order chi connectivity index (χ0) is 12.7. The van der Waals surface area contributed by atoms with E-state index in [1.54, 1.807) is 0 Å². The molecule has 0 bridgehead atoms. The summed E-state index contributed by atoms with van der Waals surface area (Å²) in [6.07, 6.45) is 6.69. The lowest BCUT2D eigenvalue weighted by Gasteiger charge is -2.26. The van der Waals surface area contributed by atoms with Crippen LogP contribution in [0.25, 0.3) is 0 Å². The van der Waals surface area contributed by atoms with Gasteiger partial charge in [0.15, 0.2) is 0 Å². The standard InChI is InChI=1S/C17H28/c1-5-6-8-13-16(14-17(2,3)4)15-11-9-7-10-12-15/h7,9-12,16H,5-6,8,13-14H2,1-4H3. The van der Waals surface area contributed by atoms with E-state index in [1.165, 1.54) is 37.7 Å². The Hall–Kier alpha value is -0.780. The molecule has 1 atom stereocenters. The summed E-state index contributed by atoms with van der Waals surface area (Å²) in [5, 5.41) is 0. The van der Waals surface area contributed by atoms with E-state index in [2.05, 4.69) is 58.0 Å². The van der Waals surface area contributed by atoms with Gasteiger partial charge in [-0.25, -0.2) is 0 Å². The van der Waals surface area contributed by atoms with Gasteiger partial charge in [-0.05, 0) is 29.7 Å². The molecule has 96 valence electrons. The highest BCUT2D eigenvalue weighted by Gasteiger charge is 2.19. The fraction of sp³-hybridized carbons (Fsp3) is 0.647. The summed E-state index contributed by atoms with van der Waals surface area (Å²) in [4.78, 5) is 0. The van der Waals surface area contributed by atoms with Crippen LogP contribution in [0.2, 0.25) is 0 Å². The topological polar surface area (TPSA) is 0 Å². The van der Waals surface area contributed by atoms with Crippen molar-refractivity contribution in [3.63, 3.8) is 0 Å². The molecule has 0 heteroatoms. The minimum absolute atomic E-state index is 0.423. The van der Waals surface area contributed by atoms with Crippen LogP contribution in [0.3, 0.4) is 0 Å². The zero-order valence-electron chi connectivity index (χ0n) is 12.0. The molecule has 0 aliphatic rings. The van der Waals surface area contributed by atoms with Gasteiger partial charge in [-0.3, -0.25) is 0 Å². The summed E-state index contributed by atoms with van der Waals surface area (Å²) in [5.41, 5.74) is 1.95. The summed E-state index contributed by atoms with van der Waals surface area (Å²) in [6, 6.07) is 11.0. The number of benzene rings is 1. The highest BCUT2D eigenvalue weighted by molar-refractivity contribution is 5.19. The Kier molecular flexibility index (Phi) is 5.74. The van der Waals surface area contributed by atoms with Crippen LogP contribution in [0.5, 0.6) is 0 Å². The molecule has 1 aromatic rings. The Morgan fingerprint density at radius 2 is 1.65 bits per heavy atom. The fourth-order valence-electron chi connectivity index (χ4n) is 2.49. The largest absolute Gasteiger partial charge is 0.0654 e. The van der Waals surface area contributed by atoms with E-state index in [1.807, 2.05) is 0 Å². The third kappa shape index (κ3) is 5.91. The maximum Gasteiger partial charge on any atom is -0.0157 e. The Morgan fingerprint density at radius 1 is 1.00 bits per heavy atom. The van der Waals surface area contributed by atoms with Crippen LogP contribution in [-0.4, -0.2) is 0 Å². The van der Waals surface area contributed by atoms with E-state index >= 15 is 0 Å². The normalized spacial score (nSPS) is 13.6. The molecule has 0 aliphatic carbocycles. The van der Waals surface area contributed by atoms with Gasteiger partial charge in [0.05, 0.1) is 0 Å². The van der Waals surface area contributed by atoms with Crippen molar-refractivity contribution in [1.82, 2.24) is 0 Å². The lowest BCUT2D eigenvalue weighted by atomic mass is 9.79. The molecular weight excluding hydrogens is 204 g/mol. The zero-order valence-corrected chi connectivity index (χ0v) is 12.0. The first-order valence-electron chi connectivity index (χ1n) is 7.08. The summed E-state index contributed by atoms with van der Waals surface area (Å²) in [7, 11) is 0. The van der Waals surface area contributed by atoms with Crippen molar-refractivity contribution in [2.45, 2.75) is 65.7 Å². The molecule has 1 aromatic carbocycles. The van der Waals surface area contributed by atoms with E-state index in [0.717, 1.165) is 5.92 Å². The van der Waals surface area contributed by atoms with E-state index < -0.39 is 0 Å². The number of rotatable bonds is 6. The van der Waals surface area contributed by atoms with Gasteiger partial charge in [-0.15, -0.1) is 0 Å². The molecule has 0 aromatic heterocycles. The van der Waals surface area contributed by atoms with E-state index in [0.29, 0.717) is 5.41 Å². The third-order valence-corrected chi connectivity index (χ3v) is 3.29. The fourth-order valence-corrected chi connectivity index (χ4v) is 2.49. The van der Waals surface area contributed by atoms with Crippen molar-refractivity contribution in [2.24, 2.45) is 5.41 Å². The van der Waals surface area contributed by atoms with Crippen molar-refractivity contribution in [3.8, 4) is 0 Å². The molecule has 0 fully saturated rings. The van der Waals surface area contributed by atoms with Gasteiger partial charge in [0.25, 0.3) is 0 Å². The monoisotopic (exact) mass is 232 g/mol. The minimum atomic E-state index is 0.423. The average molecular weight is 232 g/mol. The second-order valence-electron chi connectivity index (χ2n) is 6.37. The highest BCUT2D eigenvalue weighted by Crippen LogP contribution is 2.34. The van der Waals surface area contributed by atoms with Crippen LogP contribution < -0.4 is 0 Å². The molecule has 0 spiro atoms. The van der Waals surface area contributed by atoms with Gasteiger partial charge in [0.2, 0.25) is 0 Å². The van der Waals surface area contributed by atoms with Gasteiger partial charge in [-0.1, -0.05) is 77.3 Å². The van der Waals surface area contributed by atoms with E-state index in [4.69, 9.17) is 0 Å². The van der Waals surface area contributed by atoms with Gasteiger partial charge in [0, 0.05) is 0 Å². The summed E-state index contributed by atoms with van der Waals surface area (Å²) < 4.78 is 0. The maximum atomic E-state index is 2.35. The molecule has 0 saturated heterocycles. The highest BCUT2D eigenvalue weighted by atomic mass is 14.2. The molecule has 0 saturated carbocycles. The second-order valence-corrected chi connectivity index (χ2v) is 6.37. The van der Waals surface area contributed by atoms with Crippen molar-refractivity contribution in [2.75, 3.05) is 0 Å². The third-order valence-electron chi connectivity index (χ3n) is 3.29. The number of unbranched alkanes of at least 4 members (excludes halogenated alkanes) is 2. The number of hydrogen-bond donors (Lipinski definition) is 0. The summed E-state index contributed by atoms with van der Waals surface area (Å²) in [5.74, 6) is 0.739. The lowest BCUT2D eigenvalue weighted by Crippen LogP contribution is -2.12. The number of hydrogen-bond acceptors (Lipinski definition) is 0. The Bertz CT molecular complexity index is 292. The molecule has 0 radical (unpaired) electrons. The average Bonchev–Trinajstić information content (AvgIpc) is 2.28. The Balaban J connectivity index is 2.65. The summed E-state index contributed by atoms with van der Waals surface area (Å²) >= 11 is 0. The quantitative estimate of drug-likeness (QED) is 0.545. The molecule has 0 amide bonds. The Labute approximate surface area is 107 Å². The molecule has 1 unspecified atom stereocenters. The molecule has 1 rings (SSSR count). The van der Waals surface area contributed by atoms with E-state index in [-0.39, 0.29) is 0 Å². The van der Waals surface area contributed by atoms with E-state index in [9.17, 15) is 0 Å². The maximum absolute atomic E-state index is 2.35. The molecule has 0 heterocycles. The van der Waals surface area contributed by atoms with Crippen molar-refractivity contribution < 1.29 is 0 Å². The van der Waals surface area contributed by atoms with Crippen LogP contribution in [0.4, 0.5) is 0 Å². The van der Waals surface area contributed by atoms with Gasteiger partial charge < -0.3 is 0 Å². The first kappa shape index (κ1) is 14.3. The first-order chi connectivity index (χ1) is 8.03. The predicted molar refractivity (Wildman–Crippen MR) is 77.4 cm³/mol. The minimum Gasteiger partial charge on any atom is -0.0654 e. The second kappa shape index (κ2) is 6.83. The van der Waals surface area contributed by atoms with Crippen molar-refractivity contribution >= 4 is 0 Å². The molecule has 0 aliphatic heterocycles. The Morgan fingerprint density at radius 3 is 2.18 bits per heavy atom. The van der Waals surface area contributed by atoms with Crippen LogP contribution >= 0.6 is 0 Å². The molecular formula is C17H28. The van der Waals surface area contributed by atoms with Crippen LogP contribution in [0.15, 0.2) is 30.3 Å². The smallest absolute Gasteiger partial charge is 0.0157 e. The van der Waals surface area contributed by atoms with Crippen LogP contribution in [0.1, 0.15) is 71.3 Å². The van der Waals surface area contributed by atoms with Gasteiger partial charge >= 0.3 is 0 Å². The lowest BCUT2D eigenvalue weighted by molar-refractivity contribution is 0.326. The van der Waals surface area contributed by atoms with Gasteiger partial charge in [0.1, 0.15) is 0 Å². The van der Waals surface area contributed by atoms with Crippen molar-refractivity contribution in [3.05, 3.63) is 35.9 Å². The van der Waals surface area contributed by atoms with Crippen LogP contribution in [-0.2, 0) is 0 Å². The predicted octanol–water partition coefficient (Wildman–Crippen LogP) is 5.79. The summed E-state index contributed by atoms with van der Waals surface area (Å²) in [6.45, 7) is 9.33. The van der Waals surface area contributed by atoms with Crippen molar-refractivity contribution in [1.29, 1.82) is 0 Å². The van der Waals surface area contributed by atoms with Crippen LogP contribution in [0, 0.1) is 5.41 Å².